The molecule has 1 rings (SSSR count). The second-order valence-electron chi connectivity index (χ2n) is 7.55. The van der Waals surface area contributed by atoms with Crippen molar-refractivity contribution in [2.75, 3.05) is 34.2 Å². The largest absolute Gasteiger partial charge is 0.337 e. The normalized spacial score (nSPS) is 13.0. The number of rotatable bonds is 7. The van der Waals surface area contributed by atoms with Gasteiger partial charge in [0.2, 0.25) is 0 Å². The molecule has 0 saturated heterocycles. The van der Waals surface area contributed by atoms with Crippen LogP contribution in [0.4, 0.5) is 4.79 Å². The van der Waals surface area contributed by atoms with Gasteiger partial charge in [-0.2, -0.15) is 0 Å². The third-order valence-electron chi connectivity index (χ3n) is 3.92. The van der Waals surface area contributed by atoms with Gasteiger partial charge in [-0.25, -0.2) is 4.79 Å². The van der Waals surface area contributed by atoms with Crippen molar-refractivity contribution in [2.45, 2.75) is 40.2 Å². The second-order valence-corrected chi connectivity index (χ2v) is 7.55. The van der Waals surface area contributed by atoms with Crippen LogP contribution >= 0.6 is 0 Å². The first kappa shape index (κ1) is 19.4. The van der Waals surface area contributed by atoms with E-state index in [4.69, 9.17) is 0 Å². The third-order valence-corrected chi connectivity index (χ3v) is 3.92. The lowest BCUT2D eigenvalue weighted by molar-refractivity contribution is 0.180. The van der Waals surface area contributed by atoms with Crippen LogP contribution in [0.5, 0.6) is 0 Å². The van der Waals surface area contributed by atoms with Crippen LogP contribution in [0.2, 0.25) is 0 Å². The number of carbonyl (C=O) groups excluding carboxylic acids is 1. The molecule has 1 atom stereocenters. The first-order chi connectivity index (χ1) is 10.6. The van der Waals surface area contributed by atoms with Crippen LogP contribution in [0.25, 0.3) is 0 Å². The monoisotopic (exact) mass is 320 g/mol. The summed E-state index contributed by atoms with van der Waals surface area (Å²) in [7, 11) is 5.94. The van der Waals surface area contributed by atoms with E-state index in [1.807, 2.05) is 33.4 Å². The van der Waals surface area contributed by atoms with Crippen LogP contribution in [-0.2, 0) is 6.42 Å². The Labute approximate surface area is 141 Å². The average molecular weight is 320 g/mol. The quantitative estimate of drug-likeness (QED) is 0.840. The molecule has 0 aliphatic heterocycles. The summed E-state index contributed by atoms with van der Waals surface area (Å²) in [4.78, 5) is 20.6. The van der Waals surface area contributed by atoms with Crippen molar-refractivity contribution in [2.24, 2.45) is 5.41 Å². The fourth-order valence-electron chi connectivity index (χ4n) is 2.70. The summed E-state index contributed by atoms with van der Waals surface area (Å²) in [6, 6.07) is 4.12. The standard InChI is InChI=1S/C18H32N4O/c1-14-8-9-19-16(10-14)11-15(2)22(7)17(23)20-12-18(3,4)13-21(5)6/h8-10,15H,11-13H2,1-7H3,(H,20,23)/t15-/m1/s1. The number of urea groups is 1. The lowest BCUT2D eigenvalue weighted by Gasteiger charge is -2.31. The number of pyridine rings is 1. The van der Waals surface area contributed by atoms with Gasteiger partial charge < -0.3 is 15.1 Å². The highest BCUT2D eigenvalue weighted by Crippen LogP contribution is 2.14. The minimum Gasteiger partial charge on any atom is -0.337 e. The average Bonchev–Trinajstić information content (AvgIpc) is 2.42. The first-order valence-corrected chi connectivity index (χ1v) is 8.17. The van der Waals surface area contributed by atoms with Gasteiger partial charge in [0.05, 0.1) is 0 Å². The van der Waals surface area contributed by atoms with Gasteiger partial charge in [0.1, 0.15) is 0 Å². The molecular formula is C18H32N4O. The van der Waals surface area contributed by atoms with E-state index in [1.54, 1.807) is 4.90 Å². The first-order valence-electron chi connectivity index (χ1n) is 8.17. The van der Waals surface area contributed by atoms with E-state index >= 15 is 0 Å². The van der Waals surface area contributed by atoms with Gasteiger partial charge in [-0.3, -0.25) is 4.98 Å². The minimum absolute atomic E-state index is 0.0306. The van der Waals surface area contributed by atoms with E-state index in [0.29, 0.717) is 6.54 Å². The molecule has 0 radical (unpaired) electrons. The smallest absolute Gasteiger partial charge is 0.317 e. The fraction of sp³-hybridized carbons (Fsp3) is 0.667. The Balaban J connectivity index is 2.52. The Morgan fingerprint density at radius 2 is 2.00 bits per heavy atom. The molecule has 5 nitrogen and oxygen atoms in total. The summed E-state index contributed by atoms with van der Waals surface area (Å²) < 4.78 is 0. The van der Waals surface area contributed by atoms with Crippen LogP contribution in [-0.4, -0.2) is 61.1 Å². The molecule has 5 heteroatoms. The summed E-state index contributed by atoms with van der Waals surface area (Å²) in [6.45, 7) is 10.0. The van der Waals surface area contributed by atoms with Crippen molar-refractivity contribution in [3.05, 3.63) is 29.6 Å². The van der Waals surface area contributed by atoms with Crippen LogP contribution < -0.4 is 5.32 Å². The summed E-state index contributed by atoms with van der Waals surface area (Å²) in [6.07, 6.45) is 2.58. The van der Waals surface area contributed by atoms with Crippen molar-refractivity contribution in [3.8, 4) is 0 Å². The molecule has 130 valence electrons. The number of nitrogens with one attached hydrogen (secondary N) is 1. The van der Waals surface area contributed by atoms with Crippen LogP contribution in [0.3, 0.4) is 0 Å². The third kappa shape index (κ3) is 6.99. The number of amides is 2. The highest BCUT2D eigenvalue weighted by molar-refractivity contribution is 5.74. The zero-order valence-electron chi connectivity index (χ0n) is 15.7. The zero-order chi connectivity index (χ0) is 17.6. The Bertz CT molecular complexity index is 513. The highest BCUT2D eigenvalue weighted by atomic mass is 16.2. The lowest BCUT2D eigenvalue weighted by atomic mass is 9.93. The fourth-order valence-corrected chi connectivity index (χ4v) is 2.70. The lowest BCUT2D eigenvalue weighted by Crippen LogP contribution is -2.47. The molecule has 1 aromatic rings. The van der Waals surface area contributed by atoms with Gasteiger partial charge in [0.15, 0.2) is 0 Å². The van der Waals surface area contributed by atoms with Gasteiger partial charge in [0.25, 0.3) is 0 Å². The zero-order valence-corrected chi connectivity index (χ0v) is 15.7. The van der Waals surface area contributed by atoms with Gasteiger partial charge in [-0.1, -0.05) is 13.8 Å². The van der Waals surface area contributed by atoms with Gasteiger partial charge in [-0.05, 0) is 51.1 Å². The molecule has 0 aliphatic rings. The van der Waals surface area contributed by atoms with Gasteiger partial charge in [-0.15, -0.1) is 0 Å². The summed E-state index contributed by atoms with van der Waals surface area (Å²) in [5, 5.41) is 3.05. The van der Waals surface area contributed by atoms with Crippen LogP contribution in [0, 0.1) is 12.3 Å². The van der Waals surface area contributed by atoms with E-state index < -0.39 is 0 Å². The number of nitrogens with zero attached hydrogens (tertiary/aromatic N) is 3. The number of aryl methyl sites for hydroxylation is 1. The molecule has 1 aromatic heterocycles. The van der Waals surface area contributed by atoms with Crippen molar-refractivity contribution in [1.82, 2.24) is 20.1 Å². The van der Waals surface area contributed by atoms with Crippen LogP contribution in [0.1, 0.15) is 32.0 Å². The van der Waals surface area contributed by atoms with Crippen LogP contribution in [0.15, 0.2) is 18.3 Å². The molecule has 0 aliphatic carbocycles. The van der Waals surface area contributed by atoms with Crippen molar-refractivity contribution < 1.29 is 4.79 Å². The van der Waals surface area contributed by atoms with Gasteiger partial charge >= 0.3 is 6.03 Å². The second kappa shape index (κ2) is 8.29. The SMILES string of the molecule is Cc1ccnc(C[C@@H](C)N(C)C(=O)NCC(C)(C)CN(C)C)c1. The maximum Gasteiger partial charge on any atom is 0.317 e. The Morgan fingerprint density at radius 1 is 1.35 bits per heavy atom. The van der Waals surface area contributed by atoms with E-state index in [9.17, 15) is 4.79 Å². The van der Waals surface area contributed by atoms with E-state index in [1.165, 1.54) is 5.56 Å². The van der Waals surface area contributed by atoms with Gasteiger partial charge in [0, 0.05) is 44.5 Å². The Kier molecular flexibility index (Phi) is 7.01. The minimum atomic E-state index is -0.0306. The van der Waals surface area contributed by atoms with Crippen molar-refractivity contribution >= 4 is 6.03 Å². The summed E-state index contributed by atoms with van der Waals surface area (Å²) in [5.41, 5.74) is 2.26. The van der Waals surface area contributed by atoms with E-state index in [2.05, 4.69) is 49.0 Å². The Hall–Kier alpha value is -1.62. The highest BCUT2D eigenvalue weighted by Gasteiger charge is 2.22. The predicted octanol–water partition coefficient (Wildman–Crippen LogP) is 2.55. The Morgan fingerprint density at radius 3 is 2.57 bits per heavy atom. The van der Waals surface area contributed by atoms with Crippen molar-refractivity contribution in [3.63, 3.8) is 0 Å². The van der Waals surface area contributed by atoms with Crippen molar-refractivity contribution in [1.29, 1.82) is 0 Å². The summed E-state index contributed by atoms with van der Waals surface area (Å²) >= 11 is 0. The molecule has 23 heavy (non-hydrogen) atoms. The number of carbonyl (C=O) groups is 1. The molecule has 0 saturated carbocycles. The van der Waals surface area contributed by atoms with E-state index in [-0.39, 0.29) is 17.5 Å². The molecular weight excluding hydrogens is 288 g/mol. The molecule has 0 unspecified atom stereocenters. The number of hydrogen-bond donors (Lipinski definition) is 1. The maximum absolute atomic E-state index is 12.4. The molecule has 1 heterocycles. The molecule has 0 fully saturated rings. The van der Waals surface area contributed by atoms with E-state index in [0.717, 1.165) is 18.7 Å². The molecule has 1 N–H and O–H groups in total. The molecule has 0 aromatic carbocycles. The molecule has 0 spiro atoms. The predicted molar refractivity (Wildman–Crippen MR) is 95.6 cm³/mol. The number of aromatic nitrogens is 1. The number of hydrogen-bond acceptors (Lipinski definition) is 3. The summed E-state index contributed by atoms with van der Waals surface area (Å²) in [5.74, 6) is 0. The molecule has 0 bridgehead atoms. The maximum atomic E-state index is 12.4. The molecule has 2 amide bonds. The number of likely N-dealkylation sites (N-methyl/N-ethyl adjacent to an activating group) is 1. The topological polar surface area (TPSA) is 48.5 Å².